The Morgan fingerprint density at radius 2 is 1.64 bits per heavy atom. The van der Waals surface area contributed by atoms with Crippen molar-refractivity contribution in [1.82, 2.24) is 5.32 Å². The van der Waals surface area contributed by atoms with Crippen molar-refractivity contribution in [2.45, 2.75) is 25.9 Å². The van der Waals surface area contributed by atoms with Gasteiger partial charge in [0.25, 0.3) is 0 Å². The monoisotopic (exact) mass is 399 g/mol. The van der Waals surface area contributed by atoms with E-state index in [9.17, 15) is 4.79 Å². The molecule has 1 saturated heterocycles. The van der Waals surface area contributed by atoms with E-state index in [2.05, 4.69) is 45.5 Å². The van der Waals surface area contributed by atoms with Crippen LogP contribution >= 0.6 is 15.9 Å². The summed E-state index contributed by atoms with van der Waals surface area (Å²) in [6.07, 6.45) is 6.11. The second-order valence-electron chi connectivity index (χ2n) is 6.55. The lowest BCUT2D eigenvalue weighted by molar-refractivity contribution is -0.901. The minimum Gasteiger partial charge on any atom is -0.348 e. The highest BCUT2D eigenvalue weighted by molar-refractivity contribution is 9.10. The number of benzene rings is 2. The summed E-state index contributed by atoms with van der Waals surface area (Å²) < 4.78 is 1.03. The Hall–Kier alpha value is -1.91. The van der Waals surface area contributed by atoms with E-state index in [1.807, 2.05) is 30.3 Å². The van der Waals surface area contributed by atoms with Gasteiger partial charge < -0.3 is 10.2 Å². The van der Waals surface area contributed by atoms with E-state index in [1.54, 1.807) is 11.0 Å². The summed E-state index contributed by atoms with van der Waals surface area (Å²) in [4.78, 5) is 13.6. The minimum absolute atomic E-state index is 0.0755. The molecular formula is C21H24BrN2O+. The molecule has 0 aliphatic carbocycles. The second kappa shape index (κ2) is 8.97. The fourth-order valence-corrected chi connectivity index (χ4v) is 3.37. The molecule has 1 aliphatic heterocycles. The first kappa shape index (κ1) is 17.9. The van der Waals surface area contributed by atoms with Crippen LogP contribution in [-0.2, 0) is 17.9 Å². The SMILES string of the molecule is O=C(/C=C/c1ccc(Br)cc1)NCc1ccc(C[NH+]2CCCC2)cc1. The Kier molecular flexibility index (Phi) is 6.42. The molecule has 1 amide bonds. The van der Waals surface area contributed by atoms with Crippen molar-refractivity contribution in [3.8, 4) is 0 Å². The zero-order chi connectivity index (χ0) is 17.5. The van der Waals surface area contributed by atoms with Crippen LogP contribution in [0.5, 0.6) is 0 Å². The van der Waals surface area contributed by atoms with Gasteiger partial charge in [0.05, 0.1) is 13.1 Å². The topological polar surface area (TPSA) is 33.5 Å². The van der Waals surface area contributed by atoms with Crippen molar-refractivity contribution in [2.75, 3.05) is 13.1 Å². The van der Waals surface area contributed by atoms with E-state index < -0.39 is 0 Å². The number of likely N-dealkylation sites (tertiary alicyclic amines) is 1. The summed E-state index contributed by atoms with van der Waals surface area (Å²) in [5.74, 6) is -0.0755. The summed E-state index contributed by atoms with van der Waals surface area (Å²) in [6, 6.07) is 16.5. The Labute approximate surface area is 157 Å². The molecule has 0 atom stereocenters. The first-order valence-electron chi connectivity index (χ1n) is 8.82. The lowest BCUT2D eigenvalue weighted by atomic mass is 10.1. The van der Waals surface area contributed by atoms with Gasteiger partial charge in [-0.05, 0) is 29.3 Å². The Balaban J connectivity index is 1.45. The number of hydrogen-bond acceptors (Lipinski definition) is 1. The van der Waals surface area contributed by atoms with Gasteiger partial charge in [-0.3, -0.25) is 4.79 Å². The van der Waals surface area contributed by atoms with Crippen molar-refractivity contribution >= 4 is 27.9 Å². The third-order valence-corrected chi connectivity index (χ3v) is 5.08. The van der Waals surface area contributed by atoms with E-state index in [-0.39, 0.29) is 5.91 Å². The van der Waals surface area contributed by atoms with Crippen LogP contribution in [0, 0.1) is 0 Å². The van der Waals surface area contributed by atoms with Gasteiger partial charge in [-0.1, -0.05) is 52.3 Å². The Morgan fingerprint density at radius 3 is 2.32 bits per heavy atom. The predicted octanol–water partition coefficient (Wildman–Crippen LogP) is 2.96. The van der Waals surface area contributed by atoms with Crippen molar-refractivity contribution in [3.05, 3.63) is 75.8 Å². The standard InChI is InChI=1S/C21H23BrN2O/c22-20-10-7-17(8-11-20)9-12-21(25)23-15-18-3-5-19(6-4-18)16-24-13-1-2-14-24/h3-12H,1-2,13-16H2,(H,23,25)/p+1/b12-9+. The molecule has 2 aromatic rings. The molecule has 1 fully saturated rings. The van der Waals surface area contributed by atoms with Gasteiger partial charge in [0.2, 0.25) is 5.91 Å². The van der Waals surface area contributed by atoms with Gasteiger partial charge >= 0.3 is 0 Å². The van der Waals surface area contributed by atoms with Crippen LogP contribution in [0.15, 0.2) is 59.1 Å². The molecule has 3 nitrogen and oxygen atoms in total. The van der Waals surface area contributed by atoms with E-state index in [4.69, 9.17) is 0 Å². The molecular weight excluding hydrogens is 376 g/mol. The second-order valence-corrected chi connectivity index (χ2v) is 7.47. The Bertz CT molecular complexity index is 717. The smallest absolute Gasteiger partial charge is 0.244 e. The van der Waals surface area contributed by atoms with Crippen LogP contribution < -0.4 is 10.2 Å². The van der Waals surface area contributed by atoms with E-state index >= 15 is 0 Å². The van der Waals surface area contributed by atoms with Crippen LogP contribution in [0.2, 0.25) is 0 Å². The molecule has 0 aromatic heterocycles. The van der Waals surface area contributed by atoms with Crippen molar-refractivity contribution < 1.29 is 9.69 Å². The minimum atomic E-state index is -0.0755. The first-order valence-corrected chi connectivity index (χ1v) is 9.61. The number of carbonyl (C=O) groups excluding carboxylic acids is 1. The van der Waals surface area contributed by atoms with Crippen molar-refractivity contribution in [1.29, 1.82) is 0 Å². The molecule has 3 rings (SSSR count). The number of halogens is 1. The number of rotatable bonds is 6. The molecule has 130 valence electrons. The number of carbonyl (C=O) groups is 1. The fraction of sp³-hybridized carbons (Fsp3) is 0.286. The van der Waals surface area contributed by atoms with Crippen molar-refractivity contribution in [3.63, 3.8) is 0 Å². The molecule has 2 aromatic carbocycles. The maximum Gasteiger partial charge on any atom is 0.244 e. The number of amides is 1. The van der Waals surface area contributed by atoms with Gasteiger partial charge in [0.15, 0.2) is 0 Å². The molecule has 1 heterocycles. The summed E-state index contributed by atoms with van der Waals surface area (Å²) in [5, 5.41) is 2.93. The molecule has 4 heteroatoms. The van der Waals surface area contributed by atoms with Gasteiger partial charge in [0, 0.05) is 35.5 Å². The van der Waals surface area contributed by atoms with Crippen LogP contribution in [0.25, 0.3) is 6.08 Å². The largest absolute Gasteiger partial charge is 0.348 e. The highest BCUT2D eigenvalue weighted by Crippen LogP contribution is 2.11. The molecule has 2 N–H and O–H groups in total. The van der Waals surface area contributed by atoms with E-state index in [1.165, 1.54) is 31.5 Å². The normalized spacial score (nSPS) is 14.9. The van der Waals surface area contributed by atoms with Crippen LogP contribution in [0.4, 0.5) is 0 Å². The van der Waals surface area contributed by atoms with Crippen LogP contribution in [0.3, 0.4) is 0 Å². The molecule has 0 radical (unpaired) electrons. The molecule has 0 unspecified atom stereocenters. The Morgan fingerprint density at radius 1 is 1.00 bits per heavy atom. The maximum atomic E-state index is 11.9. The quantitative estimate of drug-likeness (QED) is 0.719. The molecule has 25 heavy (non-hydrogen) atoms. The summed E-state index contributed by atoms with van der Waals surface area (Å²) in [5.41, 5.74) is 3.51. The molecule has 0 spiro atoms. The maximum absolute atomic E-state index is 11.9. The molecule has 0 saturated carbocycles. The third-order valence-electron chi connectivity index (χ3n) is 4.55. The zero-order valence-electron chi connectivity index (χ0n) is 14.3. The van der Waals surface area contributed by atoms with E-state index in [0.29, 0.717) is 6.54 Å². The molecule has 0 bridgehead atoms. The third kappa shape index (κ3) is 5.83. The average Bonchev–Trinajstić information content (AvgIpc) is 3.14. The highest BCUT2D eigenvalue weighted by atomic mass is 79.9. The summed E-state index contributed by atoms with van der Waals surface area (Å²) in [6.45, 7) is 4.26. The number of hydrogen-bond donors (Lipinski definition) is 2. The van der Waals surface area contributed by atoms with Crippen LogP contribution in [-0.4, -0.2) is 19.0 Å². The molecule has 1 aliphatic rings. The first-order chi connectivity index (χ1) is 12.2. The lowest BCUT2D eigenvalue weighted by Crippen LogP contribution is -3.08. The number of quaternary nitrogens is 1. The van der Waals surface area contributed by atoms with Crippen LogP contribution in [0.1, 0.15) is 29.5 Å². The average molecular weight is 400 g/mol. The number of nitrogens with one attached hydrogen (secondary N) is 2. The lowest BCUT2D eigenvalue weighted by Gasteiger charge is -2.12. The fourth-order valence-electron chi connectivity index (χ4n) is 3.11. The van der Waals surface area contributed by atoms with E-state index in [0.717, 1.165) is 22.1 Å². The zero-order valence-corrected chi connectivity index (χ0v) is 15.9. The van der Waals surface area contributed by atoms with Gasteiger partial charge in [-0.2, -0.15) is 0 Å². The van der Waals surface area contributed by atoms with Crippen molar-refractivity contribution in [2.24, 2.45) is 0 Å². The van der Waals surface area contributed by atoms with Gasteiger partial charge in [-0.15, -0.1) is 0 Å². The van der Waals surface area contributed by atoms with Gasteiger partial charge in [-0.25, -0.2) is 0 Å². The van der Waals surface area contributed by atoms with Gasteiger partial charge in [0.1, 0.15) is 6.54 Å². The highest BCUT2D eigenvalue weighted by Gasteiger charge is 2.15. The summed E-state index contributed by atoms with van der Waals surface area (Å²) in [7, 11) is 0. The predicted molar refractivity (Wildman–Crippen MR) is 105 cm³/mol. The summed E-state index contributed by atoms with van der Waals surface area (Å²) >= 11 is 3.40.